The van der Waals surface area contributed by atoms with Crippen LogP contribution in [-0.2, 0) is 0 Å². The number of rotatable bonds is 3. The molecular weight excluding hydrogens is 653 g/mol. The molecule has 4 aromatic heterocycles. The van der Waals surface area contributed by atoms with Crippen LogP contribution in [-0.4, -0.2) is 9.13 Å². The van der Waals surface area contributed by atoms with Crippen LogP contribution in [0.3, 0.4) is 0 Å². The summed E-state index contributed by atoms with van der Waals surface area (Å²) >= 11 is 1.87. The summed E-state index contributed by atoms with van der Waals surface area (Å²) in [6, 6.07) is 61.8. The van der Waals surface area contributed by atoms with E-state index in [-0.39, 0.29) is 0 Å². The Morgan fingerprint density at radius 2 is 0.942 bits per heavy atom. The fourth-order valence-electron chi connectivity index (χ4n) is 8.64. The van der Waals surface area contributed by atoms with Gasteiger partial charge in [0.05, 0.1) is 27.8 Å². The van der Waals surface area contributed by atoms with Crippen LogP contribution < -0.4 is 0 Å². The van der Waals surface area contributed by atoms with Gasteiger partial charge in [-0.25, -0.2) is 0 Å². The van der Waals surface area contributed by atoms with E-state index in [0.29, 0.717) is 0 Å². The molecule has 0 amide bonds. The first-order valence-corrected chi connectivity index (χ1v) is 18.5. The summed E-state index contributed by atoms with van der Waals surface area (Å²) in [5.74, 6) is 0. The lowest BCUT2D eigenvalue weighted by atomic mass is 10.0. The maximum atomic E-state index is 6.31. The molecule has 0 N–H and O–H groups in total. The average Bonchev–Trinajstić information content (AvgIpc) is 3.94. The minimum Gasteiger partial charge on any atom is -0.456 e. The van der Waals surface area contributed by atoms with Gasteiger partial charge in [0, 0.05) is 64.2 Å². The minimum atomic E-state index is 0.900. The molecule has 52 heavy (non-hydrogen) atoms. The number of hydrogen-bond acceptors (Lipinski definition) is 2. The number of para-hydroxylation sites is 3. The van der Waals surface area contributed by atoms with E-state index in [4.69, 9.17) is 4.42 Å². The van der Waals surface area contributed by atoms with Crippen molar-refractivity contribution in [3.05, 3.63) is 170 Å². The highest BCUT2D eigenvalue weighted by atomic mass is 32.1. The molecule has 3 nitrogen and oxygen atoms in total. The van der Waals surface area contributed by atoms with Crippen LogP contribution in [0.25, 0.3) is 108 Å². The van der Waals surface area contributed by atoms with Gasteiger partial charge in [-0.15, -0.1) is 11.3 Å². The van der Waals surface area contributed by atoms with E-state index in [1.807, 2.05) is 23.5 Å². The third kappa shape index (κ3) is 3.84. The zero-order valence-electron chi connectivity index (χ0n) is 27.9. The summed E-state index contributed by atoms with van der Waals surface area (Å²) < 4.78 is 13.8. The van der Waals surface area contributed by atoms with E-state index in [1.54, 1.807) is 0 Å². The molecule has 0 saturated carbocycles. The fourth-order valence-corrected chi connectivity index (χ4v) is 9.77. The fraction of sp³-hybridized carbons (Fsp3) is 0. The summed E-state index contributed by atoms with van der Waals surface area (Å²) in [7, 11) is 0. The van der Waals surface area contributed by atoms with Crippen molar-refractivity contribution in [1.29, 1.82) is 0 Å². The van der Waals surface area contributed by atoms with E-state index in [2.05, 4.69) is 167 Å². The van der Waals surface area contributed by atoms with Gasteiger partial charge < -0.3 is 13.6 Å². The van der Waals surface area contributed by atoms with E-state index in [0.717, 1.165) is 27.6 Å². The van der Waals surface area contributed by atoms with E-state index < -0.39 is 0 Å². The molecule has 0 aliphatic rings. The second-order valence-electron chi connectivity index (χ2n) is 13.7. The van der Waals surface area contributed by atoms with Crippen LogP contribution in [0.4, 0.5) is 0 Å². The molecule has 0 saturated heterocycles. The highest BCUT2D eigenvalue weighted by Gasteiger charge is 2.19. The third-order valence-corrected chi connectivity index (χ3v) is 12.1. The lowest BCUT2D eigenvalue weighted by Gasteiger charge is -2.11. The first kappa shape index (κ1) is 28.1. The quantitative estimate of drug-likeness (QED) is 0.182. The summed E-state index contributed by atoms with van der Waals surface area (Å²) in [6.07, 6.45) is 0. The third-order valence-electron chi connectivity index (χ3n) is 10.9. The predicted molar refractivity (Wildman–Crippen MR) is 221 cm³/mol. The van der Waals surface area contributed by atoms with Crippen LogP contribution in [0, 0.1) is 0 Å². The Morgan fingerprint density at radius 3 is 1.71 bits per heavy atom. The largest absolute Gasteiger partial charge is 0.456 e. The second kappa shape index (κ2) is 10.5. The van der Waals surface area contributed by atoms with E-state index >= 15 is 0 Å². The van der Waals surface area contributed by atoms with Gasteiger partial charge in [-0.1, -0.05) is 91.0 Å². The lowest BCUT2D eigenvalue weighted by molar-refractivity contribution is 0.668. The normalized spacial score (nSPS) is 12.2. The highest BCUT2D eigenvalue weighted by molar-refractivity contribution is 7.25. The Balaban J connectivity index is 1.05. The maximum absolute atomic E-state index is 6.31. The number of fused-ring (bicyclic) bond motifs is 12. The monoisotopic (exact) mass is 680 g/mol. The van der Waals surface area contributed by atoms with Crippen molar-refractivity contribution in [2.24, 2.45) is 0 Å². The molecule has 12 rings (SSSR count). The van der Waals surface area contributed by atoms with Gasteiger partial charge in [0.2, 0.25) is 0 Å². The standard InChI is InChI=1S/C48H28N2OS/c1-5-14-39-32(10-1)37-26-29(20-24-41(37)49(39)31-22-23-35-34-12-3-7-17-44(34)51-45(35)28-31)30-21-25-42-38(27-30)33-11-2-6-15-40(33)50(42)43-16-9-19-47-48(43)36-13-4-8-18-46(36)52-47/h1-28H. The van der Waals surface area contributed by atoms with Crippen molar-refractivity contribution in [1.82, 2.24) is 9.13 Å². The molecule has 4 heteroatoms. The van der Waals surface area contributed by atoms with Gasteiger partial charge in [-0.05, 0) is 83.9 Å². The topological polar surface area (TPSA) is 23.0 Å². The number of thiophene rings is 1. The molecule has 4 heterocycles. The van der Waals surface area contributed by atoms with Gasteiger partial charge in [-0.2, -0.15) is 0 Å². The number of aromatic nitrogens is 2. The number of nitrogens with zero attached hydrogens (tertiary/aromatic N) is 2. The number of hydrogen-bond donors (Lipinski definition) is 0. The van der Waals surface area contributed by atoms with E-state index in [1.165, 1.54) is 80.6 Å². The summed E-state index contributed by atoms with van der Waals surface area (Å²) in [4.78, 5) is 0. The molecule has 12 aromatic rings. The van der Waals surface area contributed by atoms with Crippen LogP contribution in [0.5, 0.6) is 0 Å². The smallest absolute Gasteiger partial charge is 0.137 e. The van der Waals surface area contributed by atoms with Crippen molar-refractivity contribution in [2.45, 2.75) is 0 Å². The van der Waals surface area contributed by atoms with Crippen molar-refractivity contribution in [3.63, 3.8) is 0 Å². The van der Waals surface area contributed by atoms with Crippen molar-refractivity contribution in [3.8, 4) is 22.5 Å². The van der Waals surface area contributed by atoms with Gasteiger partial charge in [0.1, 0.15) is 11.2 Å². The van der Waals surface area contributed by atoms with E-state index in [9.17, 15) is 0 Å². The average molecular weight is 681 g/mol. The minimum absolute atomic E-state index is 0.900. The molecule has 0 fully saturated rings. The van der Waals surface area contributed by atoms with Gasteiger partial charge >= 0.3 is 0 Å². The Hall–Kier alpha value is -6.62. The summed E-state index contributed by atoms with van der Waals surface area (Å²) in [5, 5.41) is 9.89. The summed E-state index contributed by atoms with van der Waals surface area (Å²) in [5.41, 5.74) is 11.3. The number of benzene rings is 8. The van der Waals surface area contributed by atoms with Crippen molar-refractivity contribution < 1.29 is 4.42 Å². The maximum Gasteiger partial charge on any atom is 0.137 e. The summed E-state index contributed by atoms with van der Waals surface area (Å²) in [6.45, 7) is 0. The molecule has 0 spiro atoms. The second-order valence-corrected chi connectivity index (χ2v) is 14.8. The molecule has 0 aliphatic carbocycles. The zero-order chi connectivity index (χ0) is 33.9. The Bertz CT molecular complexity index is 3430. The molecule has 8 aromatic carbocycles. The van der Waals surface area contributed by atoms with Gasteiger partial charge in [0.15, 0.2) is 0 Å². The van der Waals surface area contributed by atoms with Crippen LogP contribution >= 0.6 is 11.3 Å². The Kier molecular flexibility index (Phi) is 5.65. The predicted octanol–water partition coefficient (Wildman–Crippen LogP) is 13.8. The van der Waals surface area contributed by atoms with Crippen LogP contribution in [0.2, 0.25) is 0 Å². The first-order valence-electron chi connectivity index (χ1n) is 17.7. The molecule has 0 radical (unpaired) electrons. The zero-order valence-corrected chi connectivity index (χ0v) is 28.7. The highest BCUT2D eigenvalue weighted by Crippen LogP contribution is 2.42. The molecule has 0 bridgehead atoms. The molecule has 242 valence electrons. The molecular formula is C48H28N2OS. The lowest BCUT2D eigenvalue weighted by Crippen LogP contribution is -1.94. The van der Waals surface area contributed by atoms with Crippen molar-refractivity contribution >= 4 is 97.1 Å². The Morgan fingerprint density at radius 1 is 0.365 bits per heavy atom. The first-order chi connectivity index (χ1) is 25.8. The van der Waals surface area contributed by atoms with Crippen LogP contribution in [0.15, 0.2) is 174 Å². The SMILES string of the molecule is c1ccc2c(c1)oc1cc(-n3c4ccccc4c4cc(-c5ccc6c(c5)c5ccccc5n6-c5cccc6sc7ccccc7c56)ccc43)ccc12. The van der Waals surface area contributed by atoms with Gasteiger partial charge in [-0.3, -0.25) is 0 Å². The van der Waals surface area contributed by atoms with Crippen molar-refractivity contribution in [2.75, 3.05) is 0 Å². The number of furan rings is 1. The van der Waals surface area contributed by atoms with Crippen LogP contribution in [0.1, 0.15) is 0 Å². The molecule has 0 atom stereocenters. The van der Waals surface area contributed by atoms with Gasteiger partial charge in [0.25, 0.3) is 0 Å². The molecule has 0 unspecified atom stereocenters. The Labute approximate surface area is 301 Å². The molecule has 0 aliphatic heterocycles.